The van der Waals surface area contributed by atoms with Crippen molar-refractivity contribution in [2.24, 2.45) is 0 Å². The van der Waals surface area contributed by atoms with Gasteiger partial charge in [0.2, 0.25) is 0 Å². The van der Waals surface area contributed by atoms with Crippen LogP contribution >= 0.6 is 11.3 Å². The number of thiazole rings is 1. The molecule has 4 rings (SSSR count). The van der Waals surface area contributed by atoms with Crippen molar-refractivity contribution >= 4 is 17.2 Å². The highest BCUT2D eigenvalue weighted by molar-refractivity contribution is 7.17. The molecule has 0 atom stereocenters. The number of aryl methyl sites for hydroxylation is 2. The summed E-state index contributed by atoms with van der Waals surface area (Å²) in [7, 11) is 0. The van der Waals surface area contributed by atoms with Gasteiger partial charge in [0.15, 0.2) is 0 Å². The lowest BCUT2D eigenvalue weighted by atomic mass is 10.2. The number of imidazole rings is 1. The summed E-state index contributed by atoms with van der Waals surface area (Å²) in [5, 5.41) is 3.53. The number of hydrogen-bond donors (Lipinski definition) is 1. The SMILES string of the molecule is Cc1nc(-c2ccccn2)sc1C(=O)NCc1ccc(-n2ccnc2C)c(F)c1. The van der Waals surface area contributed by atoms with Crippen molar-refractivity contribution < 1.29 is 9.18 Å². The minimum Gasteiger partial charge on any atom is -0.347 e. The van der Waals surface area contributed by atoms with E-state index in [4.69, 9.17) is 0 Å². The predicted molar refractivity (Wildman–Crippen MR) is 110 cm³/mol. The molecule has 146 valence electrons. The molecule has 3 heterocycles. The fourth-order valence-electron chi connectivity index (χ4n) is 2.96. The molecule has 3 aromatic heterocycles. The maximum atomic E-state index is 14.5. The van der Waals surface area contributed by atoms with E-state index in [9.17, 15) is 9.18 Å². The van der Waals surface area contributed by atoms with Crippen LogP contribution in [-0.2, 0) is 6.54 Å². The van der Waals surface area contributed by atoms with Gasteiger partial charge in [0.05, 0.1) is 17.1 Å². The van der Waals surface area contributed by atoms with Gasteiger partial charge >= 0.3 is 0 Å². The van der Waals surface area contributed by atoms with E-state index >= 15 is 0 Å². The first kappa shape index (κ1) is 18.9. The first-order valence-electron chi connectivity index (χ1n) is 8.98. The Morgan fingerprint density at radius 3 is 2.72 bits per heavy atom. The fraction of sp³-hybridized carbons (Fsp3) is 0.143. The second kappa shape index (κ2) is 7.92. The third-order valence-corrected chi connectivity index (χ3v) is 5.62. The molecule has 0 aliphatic rings. The van der Waals surface area contributed by atoms with E-state index in [-0.39, 0.29) is 18.3 Å². The van der Waals surface area contributed by atoms with Crippen molar-refractivity contribution in [3.05, 3.63) is 82.8 Å². The average molecular weight is 407 g/mol. The third kappa shape index (κ3) is 3.93. The van der Waals surface area contributed by atoms with Crippen LogP contribution in [0.15, 0.2) is 55.0 Å². The standard InChI is InChI=1S/C21H18FN5OS/c1-13-19(29-21(26-13)17-5-3-4-8-24-17)20(28)25-12-15-6-7-18(16(22)11-15)27-10-9-23-14(27)2/h3-11H,12H2,1-2H3,(H,25,28). The number of aromatic nitrogens is 4. The largest absolute Gasteiger partial charge is 0.347 e. The smallest absolute Gasteiger partial charge is 0.263 e. The summed E-state index contributed by atoms with van der Waals surface area (Å²) in [4.78, 5) is 26.0. The van der Waals surface area contributed by atoms with Crippen LogP contribution < -0.4 is 5.32 Å². The summed E-state index contributed by atoms with van der Waals surface area (Å²) in [5.41, 5.74) is 2.47. The lowest BCUT2D eigenvalue weighted by Gasteiger charge is -2.09. The summed E-state index contributed by atoms with van der Waals surface area (Å²) in [6.07, 6.45) is 5.02. The lowest BCUT2D eigenvalue weighted by molar-refractivity contribution is 0.0954. The topological polar surface area (TPSA) is 72.7 Å². The monoisotopic (exact) mass is 407 g/mol. The number of nitrogens with zero attached hydrogens (tertiary/aromatic N) is 4. The molecule has 1 amide bonds. The van der Waals surface area contributed by atoms with Gasteiger partial charge in [0, 0.05) is 25.1 Å². The third-order valence-electron chi connectivity index (χ3n) is 4.44. The number of amides is 1. The highest BCUT2D eigenvalue weighted by Crippen LogP contribution is 2.26. The zero-order chi connectivity index (χ0) is 20.4. The molecule has 0 aliphatic heterocycles. The number of hydrogen-bond acceptors (Lipinski definition) is 5. The number of carbonyl (C=O) groups is 1. The quantitative estimate of drug-likeness (QED) is 0.541. The van der Waals surface area contributed by atoms with Crippen LogP contribution in [0.1, 0.15) is 26.8 Å². The molecule has 1 aromatic carbocycles. The van der Waals surface area contributed by atoms with Crippen molar-refractivity contribution in [1.29, 1.82) is 0 Å². The highest BCUT2D eigenvalue weighted by Gasteiger charge is 2.17. The Hall–Kier alpha value is -3.39. The Bertz CT molecular complexity index is 1170. The molecule has 0 fully saturated rings. The number of pyridine rings is 1. The Morgan fingerprint density at radius 1 is 1.17 bits per heavy atom. The number of halogens is 1. The Balaban J connectivity index is 1.47. The first-order valence-corrected chi connectivity index (χ1v) is 9.80. The normalized spacial score (nSPS) is 10.9. The minimum atomic E-state index is -0.371. The van der Waals surface area contributed by atoms with Gasteiger partial charge in [0.25, 0.3) is 5.91 Å². The minimum absolute atomic E-state index is 0.217. The predicted octanol–water partition coefficient (Wildman–Crippen LogP) is 4.08. The van der Waals surface area contributed by atoms with E-state index in [2.05, 4.69) is 20.3 Å². The Labute approximate surface area is 171 Å². The van der Waals surface area contributed by atoms with Crippen LogP contribution in [-0.4, -0.2) is 25.4 Å². The van der Waals surface area contributed by atoms with Crippen molar-refractivity contribution in [2.45, 2.75) is 20.4 Å². The lowest BCUT2D eigenvalue weighted by Crippen LogP contribution is -2.22. The summed E-state index contributed by atoms with van der Waals surface area (Å²) in [6.45, 7) is 3.82. The number of benzene rings is 1. The molecular weight excluding hydrogens is 389 g/mol. The molecular formula is C21H18FN5OS. The molecule has 0 saturated carbocycles. The van der Waals surface area contributed by atoms with Crippen molar-refractivity contribution in [3.63, 3.8) is 0 Å². The summed E-state index contributed by atoms with van der Waals surface area (Å²) in [6, 6.07) is 10.5. The Kier molecular flexibility index (Phi) is 5.18. The molecule has 8 heteroatoms. The van der Waals surface area contributed by atoms with Crippen LogP contribution in [0.3, 0.4) is 0 Å². The van der Waals surface area contributed by atoms with Crippen LogP contribution in [0.25, 0.3) is 16.4 Å². The fourth-order valence-corrected chi connectivity index (χ4v) is 3.92. The second-order valence-corrected chi connectivity index (χ2v) is 7.46. The zero-order valence-corrected chi connectivity index (χ0v) is 16.7. The Morgan fingerprint density at radius 2 is 2.03 bits per heavy atom. The van der Waals surface area contributed by atoms with Gasteiger partial charge in [-0.05, 0) is 43.7 Å². The van der Waals surface area contributed by atoms with Crippen LogP contribution in [0.4, 0.5) is 4.39 Å². The van der Waals surface area contributed by atoms with Gasteiger partial charge in [-0.1, -0.05) is 12.1 Å². The molecule has 0 bridgehead atoms. The zero-order valence-electron chi connectivity index (χ0n) is 15.9. The van der Waals surface area contributed by atoms with Crippen molar-refractivity contribution in [3.8, 4) is 16.4 Å². The van der Waals surface area contributed by atoms with Crippen molar-refractivity contribution in [2.75, 3.05) is 0 Å². The van der Waals surface area contributed by atoms with Gasteiger partial charge in [-0.25, -0.2) is 14.4 Å². The summed E-state index contributed by atoms with van der Waals surface area (Å²) in [5.74, 6) is 0.0933. The number of nitrogens with one attached hydrogen (secondary N) is 1. The van der Waals surface area contributed by atoms with Gasteiger partial charge in [0.1, 0.15) is 21.5 Å². The van der Waals surface area contributed by atoms with E-state index in [1.54, 1.807) is 42.2 Å². The maximum absolute atomic E-state index is 14.5. The second-order valence-electron chi connectivity index (χ2n) is 6.46. The van der Waals surface area contributed by atoms with Crippen LogP contribution in [0.5, 0.6) is 0 Å². The summed E-state index contributed by atoms with van der Waals surface area (Å²) >= 11 is 1.29. The molecule has 0 aliphatic carbocycles. The van der Waals surface area contributed by atoms with Gasteiger partial charge in [-0.3, -0.25) is 9.78 Å². The van der Waals surface area contributed by atoms with E-state index in [1.807, 2.05) is 25.1 Å². The molecule has 6 nitrogen and oxygen atoms in total. The van der Waals surface area contributed by atoms with Crippen LogP contribution in [0, 0.1) is 19.7 Å². The maximum Gasteiger partial charge on any atom is 0.263 e. The van der Waals surface area contributed by atoms with E-state index in [0.29, 0.717) is 32.7 Å². The van der Waals surface area contributed by atoms with Gasteiger partial charge in [-0.15, -0.1) is 11.3 Å². The molecule has 0 radical (unpaired) electrons. The molecule has 0 saturated heterocycles. The number of rotatable bonds is 5. The number of carbonyl (C=O) groups excluding carboxylic acids is 1. The molecule has 0 unspecified atom stereocenters. The molecule has 0 spiro atoms. The van der Waals surface area contributed by atoms with Gasteiger partial charge in [-0.2, -0.15) is 0 Å². The highest BCUT2D eigenvalue weighted by atomic mass is 32.1. The van der Waals surface area contributed by atoms with Crippen LogP contribution in [0.2, 0.25) is 0 Å². The van der Waals surface area contributed by atoms with E-state index in [1.165, 1.54) is 17.4 Å². The average Bonchev–Trinajstić information content (AvgIpc) is 3.32. The van der Waals surface area contributed by atoms with E-state index in [0.717, 1.165) is 5.69 Å². The first-order chi connectivity index (χ1) is 14.0. The van der Waals surface area contributed by atoms with Crippen molar-refractivity contribution in [1.82, 2.24) is 24.8 Å². The molecule has 1 N–H and O–H groups in total. The van der Waals surface area contributed by atoms with E-state index < -0.39 is 0 Å². The molecule has 4 aromatic rings. The molecule has 29 heavy (non-hydrogen) atoms. The summed E-state index contributed by atoms with van der Waals surface area (Å²) < 4.78 is 16.2. The van der Waals surface area contributed by atoms with Gasteiger partial charge < -0.3 is 9.88 Å².